The van der Waals surface area contributed by atoms with Gasteiger partial charge in [0.15, 0.2) is 0 Å². The van der Waals surface area contributed by atoms with E-state index in [9.17, 15) is 0 Å². The monoisotopic (exact) mass is 239 g/mol. The lowest BCUT2D eigenvalue weighted by Gasteiger charge is -2.38. The largest absolute Gasteiger partial charge is 0.376 e. The number of nitrogens with zero attached hydrogens (tertiary/aromatic N) is 2. The number of nitrogens with one attached hydrogen (secondary N) is 1. The minimum atomic E-state index is -0.176. The van der Waals surface area contributed by atoms with Crippen LogP contribution in [-0.4, -0.2) is 29.0 Å². The SMILES string of the molecule is CCNC(c1ccn(C)n1)C(CC)(CC)OC. The second-order valence-corrected chi connectivity index (χ2v) is 4.38. The van der Waals surface area contributed by atoms with Crippen LogP contribution in [0.15, 0.2) is 12.3 Å². The zero-order valence-corrected chi connectivity index (χ0v) is 11.7. The molecule has 0 saturated heterocycles. The van der Waals surface area contributed by atoms with Crippen molar-refractivity contribution in [2.45, 2.75) is 45.3 Å². The topological polar surface area (TPSA) is 39.1 Å². The molecule has 1 unspecified atom stereocenters. The van der Waals surface area contributed by atoms with E-state index in [0.717, 1.165) is 25.1 Å². The molecule has 0 aliphatic carbocycles. The molecule has 1 atom stereocenters. The second kappa shape index (κ2) is 6.17. The van der Waals surface area contributed by atoms with Gasteiger partial charge in [-0.2, -0.15) is 5.10 Å². The minimum Gasteiger partial charge on any atom is -0.376 e. The normalized spacial score (nSPS) is 13.9. The lowest BCUT2D eigenvalue weighted by molar-refractivity contribution is -0.0493. The van der Waals surface area contributed by atoms with Crippen LogP contribution in [0.1, 0.15) is 45.3 Å². The van der Waals surface area contributed by atoms with Gasteiger partial charge in [0.25, 0.3) is 0 Å². The van der Waals surface area contributed by atoms with E-state index in [-0.39, 0.29) is 11.6 Å². The first kappa shape index (κ1) is 14.2. The molecule has 17 heavy (non-hydrogen) atoms. The van der Waals surface area contributed by atoms with Gasteiger partial charge in [0.05, 0.1) is 17.3 Å². The molecular weight excluding hydrogens is 214 g/mol. The van der Waals surface area contributed by atoms with Crippen LogP contribution in [0, 0.1) is 0 Å². The number of rotatable bonds is 7. The lowest BCUT2D eigenvalue weighted by atomic mass is 9.86. The fourth-order valence-electron chi connectivity index (χ4n) is 2.42. The number of hydrogen-bond acceptors (Lipinski definition) is 3. The summed E-state index contributed by atoms with van der Waals surface area (Å²) in [6.07, 6.45) is 3.91. The van der Waals surface area contributed by atoms with Crippen LogP contribution in [0.25, 0.3) is 0 Å². The Balaban J connectivity index is 3.06. The van der Waals surface area contributed by atoms with E-state index in [1.165, 1.54) is 0 Å². The van der Waals surface area contributed by atoms with Crippen molar-refractivity contribution in [2.75, 3.05) is 13.7 Å². The highest BCUT2D eigenvalue weighted by molar-refractivity contribution is 5.12. The number of aromatic nitrogens is 2. The predicted molar refractivity (Wildman–Crippen MR) is 69.9 cm³/mol. The quantitative estimate of drug-likeness (QED) is 0.793. The summed E-state index contributed by atoms with van der Waals surface area (Å²) < 4.78 is 7.64. The maximum atomic E-state index is 5.80. The van der Waals surface area contributed by atoms with Gasteiger partial charge in [-0.1, -0.05) is 20.8 Å². The van der Waals surface area contributed by atoms with E-state index in [1.54, 1.807) is 7.11 Å². The van der Waals surface area contributed by atoms with Crippen molar-refractivity contribution >= 4 is 0 Å². The summed E-state index contributed by atoms with van der Waals surface area (Å²) in [5.41, 5.74) is 0.879. The van der Waals surface area contributed by atoms with Crippen molar-refractivity contribution in [2.24, 2.45) is 7.05 Å². The predicted octanol–water partition coefficient (Wildman–Crippen LogP) is 2.28. The highest BCUT2D eigenvalue weighted by atomic mass is 16.5. The Hall–Kier alpha value is -0.870. The minimum absolute atomic E-state index is 0.147. The van der Waals surface area contributed by atoms with Crippen molar-refractivity contribution in [3.05, 3.63) is 18.0 Å². The van der Waals surface area contributed by atoms with E-state index < -0.39 is 0 Å². The summed E-state index contributed by atoms with van der Waals surface area (Å²) in [7, 11) is 3.74. The molecule has 1 aromatic rings. The molecule has 0 aromatic carbocycles. The van der Waals surface area contributed by atoms with Crippen LogP contribution in [0.5, 0.6) is 0 Å². The molecule has 0 fully saturated rings. The van der Waals surface area contributed by atoms with Gasteiger partial charge in [-0.25, -0.2) is 0 Å². The van der Waals surface area contributed by atoms with E-state index >= 15 is 0 Å². The van der Waals surface area contributed by atoms with Crippen molar-refractivity contribution in [1.29, 1.82) is 0 Å². The third kappa shape index (κ3) is 2.87. The summed E-state index contributed by atoms with van der Waals surface area (Å²) >= 11 is 0. The molecule has 1 aromatic heterocycles. The van der Waals surface area contributed by atoms with Crippen LogP contribution in [0.4, 0.5) is 0 Å². The molecule has 0 bridgehead atoms. The number of ether oxygens (including phenoxy) is 1. The molecule has 98 valence electrons. The molecule has 0 aliphatic heterocycles. The third-order valence-corrected chi connectivity index (χ3v) is 3.57. The summed E-state index contributed by atoms with van der Waals surface area (Å²) in [5, 5.41) is 8.02. The summed E-state index contributed by atoms with van der Waals surface area (Å²) in [4.78, 5) is 0. The van der Waals surface area contributed by atoms with Crippen LogP contribution in [0.2, 0.25) is 0 Å². The van der Waals surface area contributed by atoms with Gasteiger partial charge in [-0.3, -0.25) is 4.68 Å². The van der Waals surface area contributed by atoms with E-state index in [4.69, 9.17) is 4.74 Å². The van der Waals surface area contributed by atoms with E-state index in [1.807, 2.05) is 17.9 Å². The van der Waals surface area contributed by atoms with Gasteiger partial charge in [0.1, 0.15) is 0 Å². The molecule has 0 amide bonds. The summed E-state index contributed by atoms with van der Waals surface area (Å²) in [6, 6.07) is 2.21. The summed E-state index contributed by atoms with van der Waals surface area (Å²) in [5.74, 6) is 0. The molecule has 0 radical (unpaired) electrons. The average Bonchev–Trinajstić information content (AvgIpc) is 2.77. The smallest absolute Gasteiger partial charge is 0.0883 e. The second-order valence-electron chi connectivity index (χ2n) is 4.38. The zero-order valence-electron chi connectivity index (χ0n) is 11.7. The number of aryl methyl sites for hydroxylation is 1. The Kier molecular flexibility index (Phi) is 5.15. The van der Waals surface area contributed by atoms with Gasteiger partial charge in [-0.15, -0.1) is 0 Å². The number of methoxy groups -OCH3 is 1. The Morgan fingerprint density at radius 1 is 1.41 bits per heavy atom. The first-order valence-electron chi connectivity index (χ1n) is 6.41. The fourth-order valence-corrected chi connectivity index (χ4v) is 2.42. The number of hydrogen-bond donors (Lipinski definition) is 1. The van der Waals surface area contributed by atoms with Crippen LogP contribution in [0.3, 0.4) is 0 Å². The van der Waals surface area contributed by atoms with Crippen molar-refractivity contribution < 1.29 is 4.74 Å². The van der Waals surface area contributed by atoms with Gasteiger partial charge >= 0.3 is 0 Å². The maximum absolute atomic E-state index is 5.80. The van der Waals surface area contributed by atoms with Crippen LogP contribution in [-0.2, 0) is 11.8 Å². The maximum Gasteiger partial charge on any atom is 0.0883 e. The van der Waals surface area contributed by atoms with Crippen molar-refractivity contribution in [3.63, 3.8) is 0 Å². The van der Waals surface area contributed by atoms with Crippen LogP contribution < -0.4 is 5.32 Å². The lowest BCUT2D eigenvalue weighted by Crippen LogP contribution is -2.45. The standard InChI is InChI=1S/C13H25N3O/c1-6-13(7-2,17-5)12(14-8-3)11-9-10-16(4)15-11/h9-10,12,14H,6-8H2,1-5H3. The molecule has 1 rings (SSSR count). The molecule has 0 aliphatic rings. The zero-order chi connectivity index (χ0) is 12.9. The Bertz CT molecular complexity index is 323. The third-order valence-electron chi connectivity index (χ3n) is 3.57. The molecule has 0 saturated carbocycles. The van der Waals surface area contributed by atoms with E-state index in [0.29, 0.717) is 0 Å². The number of likely N-dealkylation sites (N-methyl/N-ethyl adjacent to an activating group) is 1. The van der Waals surface area contributed by atoms with Gasteiger partial charge in [-0.05, 0) is 25.5 Å². The van der Waals surface area contributed by atoms with E-state index in [2.05, 4.69) is 37.3 Å². The Morgan fingerprint density at radius 3 is 2.41 bits per heavy atom. The van der Waals surface area contributed by atoms with Crippen molar-refractivity contribution in [1.82, 2.24) is 15.1 Å². The highest BCUT2D eigenvalue weighted by Gasteiger charge is 2.37. The molecular formula is C13H25N3O. The Morgan fingerprint density at radius 2 is 2.06 bits per heavy atom. The van der Waals surface area contributed by atoms with Crippen molar-refractivity contribution in [3.8, 4) is 0 Å². The van der Waals surface area contributed by atoms with Crippen LogP contribution >= 0.6 is 0 Å². The molecule has 1 heterocycles. The molecule has 4 heteroatoms. The first-order valence-corrected chi connectivity index (χ1v) is 6.41. The van der Waals surface area contributed by atoms with Gasteiger partial charge in [0.2, 0.25) is 0 Å². The highest BCUT2D eigenvalue weighted by Crippen LogP contribution is 2.34. The molecule has 4 nitrogen and oxygen atoms in total. The first-order chi connectivity index (χ1) is 8.13. The van der Waals surface area contributed by atoms with Gasteiger partial charge in [0, 0.05) is 20.4 Å². The fraction of sp³-hybridized carbons (Fsp3) is 0.769. The summed E-state index contributed by atoms with van der Waals surface area (Å²) in [6.45, 7) is 7.36. The molecule has 1 N–H and O–H groups in total. The van der Waals surface area contributed by atoms with Gasteiger partial charge < -0.3 is 10.1 Å². The molecule has 0 spiro atoms. The average molecular weight is 239 g/mol. The Labute approximate surface area is 104 Å².